The summed E-state index contributed by atoms with van der Waals surface area (Å²) in [5, 5.41) is 6.60. The molecule has 0 amide bonds. The molecule has 0 saturated heterocycles. The first-order valence-corrected chi connectivity index (χ1v) is 10.1. The molecular weight excluding hydrogens is 509 g/mol. The summed E-state index contributed by atoms with van der Waals surface area (Å²) >= 11 is 0. The molecule has 0 fully saturated rings. The Kier molecular flexibility index (Phi) is 13.5. The molecule has 0 radical (unpaired) electrons. The first kappa shape index (κ1) is 26.8. The Morgan fingerprint density at radius 2 is 1.61 bits per heavy atom. The lowest BCUT2D eigenvalue weighted by Gasteiger charge is -2.13. The van der Waals surface area contributed by atoms with Crippen molar-refractivity contribution in [2.24, 2.45) is 4.99 Å². The second-order valence-corrected chi connectivity index (χ2v) is 6.55. The fourth-order valence-corrected chi connectivity index (χ4v) is 2.78. The van der Waals surface area contributed by atoms with Crippen molar-refractivity contribution in [3.8, 4) is 17.2 Å². The van der Waals surface area contributed by atoms with Gasteiger partial charge in [0.05, 0.1) is 34.5 Å². The molecule has 31 heavy (non-hydrogen) atoms. The topological polar surface area (TPSA) is 73.3 Å². The largest absolute Gasteiger partial charge is 0.497 e. The molecule has 0 aliphatic heterocycles. The zero-order chi connectivity index (χ0) is 21.6. The fraction of sp³-hybridized carbons (Fsp3) is 0.435. The second kappa shape index (κ2) is 15.6. The fourth-order valence-electron chi connectivity index (χ4n) is 2.78. The van der Waals surface area contributed by atoms with Crippen molar-refractivity contribution in [2.75, 3.05) is 41.0 Å². The predicted octanol–water partition coefficient (Wildman–Crippen LogP) is 3.99. The van der Waals surface area contributed by atoms with Gasteiger partial charge in [-0.1, -0.05) is 12.1 Å². The Balaban J connectivity index is 0.00000480. The lowest BCUT2D eigenvalue weighted by atomic mass is 10.2. The summed E-state index contributed by atoms with van der Waals surface area (Å²) in [7, 11) is 4.95. The van der Waals surface area contributed by atoms with Gasteiger partial charge < -0.3 is 29.6 Å². The zero-order valence-electron chi connectivity index (χ0n) is 18.8. The van der Waals surface area contributed by atoms with Crippen molar-refractivity contribution in [3.63, 3.8) is 0 Å². The van der Waals surface area contributed by atoms with Crippen LogP contribution in [0.5, 0.6) is 17.2 Å². The molecule has 2 aromatic rings. The minimum absolute atomic E-state index is 0. The average Bonchev–Trinajstić information content (AvgIpc) is 2.79. The number of nitrogens with zero attached hydrogens (tertiary/aromatic N) is 1. The lowest BCUT2D eigenvalue weighted by molar-refractivity contribution is 0.119. The average molecular weight is 543 g/mol. The number of hydrogen-bond donors (Lipinski definition) is 2. The molecule has 0 spiro atoms. The van der Waals surface area contributed by atoms with E-state index in [1.54, 1.807) is 21.3 Å². The number of guanidine groups is 1. The van der Waals surface area contributed by atoms with E-state index in [9.17, 15) is 0 Å². The van der Waals surface area contributed by atoms with Crippen LogP contribution in [0.3, 0.4) is 0 Å². The Morgan fingerprint density at radius 3 is 2.26 bits per heavy atom. The molecule has 0 aliphatic carbocycles. The molecule has 8 heteroatoms. The minimum Gasteiger partial charge on any atom is -0.497 e. The van der Waals surface area contributed by atoms with Gasteiger partial charge >= 0.3 is 0 Å². The molecule has 172 valence electrons. The molecule has 0 heterocycles. The highest BCUT2D eigenvalue weighted by atomic mass is 127. The van der Waals surface area contributed by atoms with Crippen molar-refractivity contribution >= 4 is 29.9 Å². The van der Waals surface area contributed by atoms with Crippen molar-refractivity contribution < 1.29 is 18.9 Å². The molecular formula is C23H34IN3O4. The van der Waals surface area contributed by atoms with E-state index in [1.807, 2.05) is 49.4 Å². The minimum atomic E-state index is 0. The normalized spacial score (nSPS) is 10.8. The van der Waals surface area contributed by atoms with E-state index in [4.69, 9.17) is 18.9 Å². The summed E-state index contributed by atoms with van der Waals surface area (Å²) in [6.45, 7) is 5.38. The first-order chi connectivity index (χ1) is 14.7. The van der Waals surface area contributed by atoms with Gasteiger partial charge in [-0.05, 0) is 43.2 Å². The van der Waals surface area contributed by atoms with Gasteiger partial charge in [0.1, 0.15) is 17.2 Å². The summed E-state index contributed by atoms with van der Waals surface area (Å²) in [4.78, 5) is 4.65. The summed E-state index contributed by atoms with van der Waals surface area (Å²) in [5.74, 6) is 3.15. The Morgan fingerprint density at radius 1 is 0.903 bits per heavy atom. The summed E-state index contributed by atoms with van der Waals surface area (Å²) in [5.41, 5.74) is 2.13. The Hall–Kier alpha value is -2.20. The monoisotopic (exact) mass is 543 g/mol. The highest BCUT2D eigenvalue weighted by Gasteiger charge is 2.05. The highest BCUT2D eigenvalue weighted by Crippen LogP contribution is 2.25. The van der Waals surface area contributed by atoms with Crippen LogP contribution in [-0.2, 0) is 17.9 Å². The van der Waals surface area contributed by atoms with E-state index in [2.05, 4.69) is 15.6 Å². The van der Waals surface area contributed by atoms with Gasteiger partial charge in [-0.15, -0.1) is 24.0 Å². The first-order valence-electron chi connectivity index (χ1n) is 10.1. The van der Waals surface area contributed by atoms with Crippen LogP contribution in [-0.4, -0.2) is 47.0 Å². The van der Waals surface area contributed by atoms with Crippen LogP contribution < -0.4 is 24.8 Å². The van der Waals surface area contributed by atoms with Crippen LogP contribution in [0.4, 0.5) is 0 Å². The zero-order valence-corrected chi connectivity index (χ0v) is 21.1. The third-order valence-electron chi connectivity index (χ3n) is 4.43. The van der Waals surface area contributed by atoms with E-state index in [1.165, 1.54) is 0 Å². The summed E-state index contributed by atoms with van der Waals surface area (Å²) < 4.78 is 21.6. The van der Waals surface area contributed by atoms with Crippen LogP contribution in [0.1, 0.15) is 24.5 Å². The van der Waals surface area contributed by atoms with E-state index in [-0.39, 0.29) is 24.0 Å². The van der Waals surface area contributed by atoms with Crippen LogP contribution in [0.2, 0.25) is 0 Å². The predicted molar refractivity (Wildman–Crippen MR) is 135 cm³/mol. The third kappa shape index (κ3) is 9.65. The van der Waals surface area contributed by atoms with Gasteiger partial charge in [0.15, 0.2) is 5.96 Å². The standard InChI is InChI=1S/C23H33N3O4.HI/c1-5-24-23(26-16-19-9-12-21(28-3)15-22(19)29-4)25-13-6-14-30-17-18-7-10-20(27-2)11-8-18;/h7-12,15H,5-6,13-14,16-17H2,1-4H3,(H2,24,25,26);1H. The Bertz CT molecular complexity index is 785. The third-order valence-corrected chi connectivity index (χ3v) is 4.43. The highest BCUT2D eigenvalue weighted by molar-refractivity contribution is 14.0. The Labute approximate surface area is 202 Å². The number of ether oxygens (including phenoxy) is 4. The van der Waals surface area contributed by atoms with Gasteiger partial charge in [-0.3, -0.25) is 0 Å². The van der Waals surface area contributed by atoms with Crippen LogP contribution >= 0.6 is 24.0 Å². The van der Waals surface area contributed by atoms with Crippen LogP contribution in [0.15, 0.2) is 47.5 Å². The molecule has 7 nitrogen and oxygen atoms in total. The number of aliphatic imine (C=N–C) groups is 1. The molecule has 2 rings (SSSR count). The molecule has 0 bridgehead atoms. The van der Waals surface area contributed by atoms with E-state index in [0.717, 1.165) is 53.8 Å². The van der Waals surface area contributed by atoms with Gasteiger partial charge in [0.25, 0.3) is 0 Å². The quantitative estimate of drug-likeness (QED) is 0.183. The number of methoxy groups -OCH3 is 3. The van der Waals surface area contributed by atoms with Gasteiger partial charge in [0.2, 0.25) is 0 Å². The molecule has 0 atom stereocenters. The maximum atomic E-state index is 5.75. The van der Waals surface area contributed by atoms with E-state index < -0.39 is 0 Å². The van der Waals surface area contributed by atoms with E-state index in [0.29, 0.717) is 19.8 Å². The van der Waals surface area contributed by atoms with Gasteiger partial charge in [-0.25, -0.2) is 4.99 Å². The molecule has 0 aromatic heterocycles. The maximum absolute atomic E-state index is 5.75. The number of halogens is 1. The summed E-state index contributed by atoms with van der Waals surface area (Å²) in [6.07, 6.45) is 0.881. The SMILES string of the molecule is CCNC(=NCc1ccc(OC)cc1OC)NCCCOCc1ccc(OC)cc1.I. The summed E-state index contributed by atoms with van der Waals surface area (Å²) in [6, 6.07) is 13.7. The van der Waals surface area contributed by atoms with Crippen molar-refractivity contribution in [3.05, 3.63) is 53.6 Å². The van der Waals surface area contributed by atoms with Crippen LogP contribution in [0, 0.1) is 0 Å². The molecule has 0 unspecified atom stereocenters. The number of hydrogen-bond acceptors (Lipinski definition) is 5. The van der Waals surface area contributed by atoms with Crippen molar-refractivity contribution in [2.45, 2.75) is 26.5 Å². The molecule has 2 aromatic carbocycles. The number of benzene rings is 2. The molecule has 0 saturated carbocycles. The maximum Gasteiger partial charge on any atom is 0.191 e. The van der Waals surface area contributed by atoms with Crippen molar-refractivity contribution in [1.29, 1.82) is 0 Å². The lowest BCUT2D eigenvalue weighted by Crippen LogP contribution is -2.38. The number of rotatable bonds is 12. The van der Waals surface area contributed by atoms with Gasteiger partial charge in [0, 0.05) is 31.3 Å². The smallest absolute Gasteiger partial charge is 0.191 e. The van der Waals surface area contributed by atoms with Crippen LogP contribution in [0.25, 0.3) is 0 Å². The van der Waals surface area contributed by atoms with Crippen molar-refractivity contribution in [1.82, 2.24) is 10.6 Å². The molecule has 2 N–H and O–H groups in total. The number of nitrogens with one attached hydrogen (secondary N) is 2. The van der Waals surface area contributed by atoms with Gasteiger partial charge in [-0.2, -0.15) is 0 Å². The van der Waals surface area contributed by atoms with E-state index >= 15 is 0 Å². The molecule has 0 aliphatic rings. The second-order valence-electron chi connectivity index (χ2n) is 6.55.